The van der Waals surface area contributed by atoms with E-state index in [9.17, 15) is 0 Å². The Morgan fingerprint density at radius 2 is 1.71 bits per heavy atom. The summed E-state index contributed by atoms with van der Waals surface area (Å²) in [4.78, 5) is 2.47. The van der Waals surface area contributed by atoms with E-state index < -0.39 is 0 Å². The standard InChI is InChI=1S/C12H28N2/c1-7-8-13-9-11(4)14(6)12(5)10(2)3/h10-13H,7-9H2,1-6H3. The molecule has 0 aromatic heterocycles. The van der Waals surface area contributed by atoms with E-state index in [0.717, 1.165) is 19.0 Å². The topological polar surface area (TPSA) is 15.3 Å². The van der Waals surface area contributed by atoms with Crippen molar-refractivity contribution in [3.63, 3.8) is 0 Å². The van der Waals surface area contributed by atoms with Crippen LogP contribution < -0.4 is 5.32 Å². The van der Waals surface area contributed by atoms with Gasteiger partial charge in [-0.2, -0.15) is 0 Å². The average Bonchev–Trinajstić information content (AvgIpc) is 2.15. The molecule has 0 fully saturated rings. The predicted octanol–water partition coefficient (Wildman–Crippen LogP) is 2.35. The minimum atomic E-state index is 0.624. The summed E-state index contributed by atoms with van der Waals surface area (Å²) in [6.45, 7) is 13.6. The van der Waals surface area contributed by atoms with E-state index in [1.165, 1.54) is 6.42 Å². The molecule has 0 heterocycles. The molecule has 0 saturated carbocycles. The highest BCUT2D eigenvalue weighted by molar-refractivity contribution is 4.73. The first kappa shape index (κ1) is 13.9. The number of hydrogen-bond donors (Lipinski definition) is 1. The van der Waals surface area contributed by atoms with Gasteiger partial charge in [0, 0.05) is 18.6 Å². The van der Waals surface area contributed by atoms with E-state index in [1.807, 2.05) is 0 Å². The number of nitrogens with one attached hydrogen (secondary N) is 1. The molecule has 0 aliphatic rings. The minimum absolute atomic E-state index is 0.624. The molecular weight excluding hydrogens is 172 g/mol. The van der Waals surface area contributed by atoms with Gasteiger partial charge in [-0.15, -0.1) is 0 Å². The third-order valence-electron chi connectivity index (χ3n) is 3.17. The van der Waals surface area contributed by atoms with Gasteiger partial charge in [0.2, 0.25) is 0 Å². The summed E-state index contributed by atoms with van der Waals surface area (Å²) < 4.78 is 0. The largest absolute Gasteiger partial charge is 0.315 e. The molecule has 0 rings (SSSR count). The Morgan fingerprint density at radius 3 is 2.14 bits per heavy atom. The summed E-state index contributed by atoms with van der Waals surface area (Å²) in [6.07, 6.45) is 1.22. The van der Waals surface area contributed by atoms with Crippen LogP contribution in [0.2, 0.25) is 0 Å². The second-order valence-electron chi connectivity index (χ2n) is 4.70. The summed E-state index contributed by atoms with van der Waals surface area (Å²) in [5.74, 6) is 0.730. The van der Waals surface area contributed by atoms with Crippen molar-refractivity contribution in [2.45, 2.75) is 53.1 Å². The highest BCUT2D eigenvalue weighted by Crippen LogP contribution is 2.10. The van der Waals surface area contributed by atoms with Gasteiger partial charge >= 0.3 is 0 Å². The zero-order chi connectivity index (χ0) is 11.1. The molecule has 86 valence electrons. The van der Waals surface area contributed by atoms with Crippen LogP contribution >= 0.6 is 0 Å². The Morgan fingerprint density at radius 1 is 1.14 bits per heavy atom. The molecule has 2 heteroatoms. The van der Waals surface area contributed by atoms with Gasteiger partial charge in [0.15, 0.2) is 0 Å². The van der Waals surface area contributed by atoms with Gasteiger partial charge in [0.05, 0.1) is 0 Å². The SMILES string of the molecule is CCCNCC(C)N(C)C(C)C(C)C. The van der Waals surface area contributed by atoms with E-state index in [4.69, 9.17) is 0 Å². The van der Waals surface area contributed by atoms with Gasteiger partial charge in [-0.1, -0.05) is 20.8 Å². The molecule has 0 amide bonds. The zero-order valence-electron chi connectivity index (χ0n) is 10.8. The van der Waals surface area contributed by atoms with E-state index in [-0.39, 0.29) is 0 Å². The van der Waals surface area contributed by atoms with Crippen LogP contribution in [0.1, 0.15) is 41.0 Å². The van der Waals surface area contributed by atoms with E-state index in [1.54, 1.807) is 0 Å². The van der Waals surface area contributed by atoms with Gasteiger partial charge in [0.1, 0.15) is 0 Å². The van der Waals surface area contributed by atoms with Gasteiger partial charge in [-0.05, 0) is 39.8 Å². The van der Waals surface area contributed by atoms with Gasteiger partial charge in [0.25, 0.3) is 0 Å². The molecular formula is C12H28N2. The Hall–Kier alpha value is -0.0800. The molecule has 2 atom stereocenters. The lowest BCUT2D eigenvalue weighted by atomic mass is 10.0. The Bertz CT molecular complexity index is 134. The molecule has 0 bridgehead atoms. The Labute approximate surface area is 90.1 Å². The zero-order valence-corrected chi connectivity index (χ0v) is 10.8. The Balaban J connectivity index is 3.80. The monoisotopic (exact) mass is 200 g/mol. The molecule has 14 heavy (non-hydrogen) atoms. The summed E-state index contributed by atoms with van der Waals surface area (Å²) in [5.41, 5.74) is 0. The maximum absolute atomic E-state index is 3.47. The van der Waals surface area contributed by atoms with Gasteiger partial charge in [-0.3, -0.25) is 4.90 Å². The molecule has 0 aromatic rings. The van der Waals surface area contributed by atoms with Crippen LogP contribution in [0.3, 0.4) is 0 Å². The normalized spacial score (nSPS) is 16.3. The summed E-state index contributed by atoms with van der Waals surface area (Å²) in [7, 11) is 2.23. The van der Waals surface area contributed by atoms with Crippen molar-refractivity contribution >= 4 is 0 Å². The number of likely N-dealkylation sites (N-methyl/N-ethyl adjacent to an activating group) is 1. The fourth-order valence-electron chi connectivity index (χ4n) is 1.50. The first-order valence-corrected chi connectivity index (χ1v) is 5.93. The molecule has 2 unspecified atom stereocenters. The molecule has 0 radical (unpaired) electrons. The second-order valence-corrected chi connectivity index (χ2v) is 4.70. The molecule has 0 aromatic carbocycles. The second kappa shape index (κ2) is 7.24. The van der Waals surface area contributed by atoms with E-state index >= 15 is 0 Å². The van der Waals surface area contributed by atoms with Crippen molar-refractivity contribution in [1.29, 1.82) is 0 Å². The first-order chi connectivity index (χ1) is 6.50. The van der Waals surface area contributed by atoms with Crippen LogP contribution in [0, 0.1) is 5.92 Å². The molecule has 1 N–H and O–H groups in total. The van der Waals surface area contributed by atoms with Crippen LogP contribution in [0.15, 0.2) is 0 Å². The molecule has 0 spiro atoms. The molecule has 0 aliphatic heterocycles. The van der Waals surface area contributed by atoms with Crippen molar-refractivity contribution in [3.05, 3.63) is 0 Å². The van der Waals surface area contributed by atoms with Crippen molar-refractivity contribution in [1.82, 2.24) is 10.2 Å². The lowest BCUT2D eigenvalue weighted by Crippen LogP contribution is -2.44. The average molecular weight is 200 g/mol. The fourth-order valence-corrected chi connectivity index (χ4v) is 1.50. The quantitative estimate of drug-likeness (QED) is 0.635. The lowest BCUT2D eigenvalue weighted by Gasteiger charge is -2.33. The van der Waals surface area contributed by atoms with Gasteiger partial charge < -0.3 is 5.32 Å². The van der Waals surface area contributed by atoms with Crippen molar-refractivity contribution in [3.8, 4) is 0 Å². The highest BCUT2D eigenvalue weighted by atomic mass is 15.2. The van der Waals surface area contributed by atoms with Crippen LogP contribution in [0.4, 0.5) is 0 Å². The fraction of sp³-hybridized carbons (Fsp3) is 1.00. The summed E-state index contributed by atoms with van der Waals surface area (Å²) >= 11 is 0. The molecule has 0 saturated heterocycles. The maximum Gasteiger partial charge on any atom is 0.0192 e. The van der Waals surface area contributed by atoms with Crippen LogP contribution in [-0.2, 0) is 0 Å². The van der Waals surface area contributed by atoms with Crippen LogP contribution in [0.5, 0.6) is 0 Å². The van der Waals surface area contributed by atoms with Crippen LogP contribution in [0.25, 0.3) is 0 Å². The van der Waals surface area contributed by atoms with Crippen molar-refractivity contribution < 1.29 is 0 Å². The van der Waals surface area contributed by atoms with Crippen molar-refractivity contribution in [2.24, 2.45) is 5.92 Å². The smallest absolute Gasteiger partial charge is 0.0192 e. The third kappa shape index (κ3) is 4.97. The highest BCUT2D eigenvalue weighted by Gasteiger charge is 2.17. The predicted molar refractivity (Wildman–Crippen MR) is 64.7 cm³/mol. The summed E-state index contributed by atoms with van der Waals surface area (Å²) in [6, 6.07) is 1.28. The Kier molecular flexibility index (Phi) is 7.20. The number of rotatable bonds is 7. The molecule has 2 nitrogen and oxygen atoms in total. The van der Waals surface area contributed by atoms with Gasteiger partial charge in [-0.25, -0.2) is 0 Å². The minimum Gasteiger partial charge on any atom is -0.315 e. The van der Waals surface area contributed by atoms with E-state index in [2.05, 4.69) is 51.9 Å². The number of nitrogens with zero attached hydrogens (tertiary/aromatic N) is 1. The number of hydrogen-bond acceptors (Lipinski definition) is 2. The first-order valence-electron chi connectivity index (χ1n) is 5.93. The molecule has 0 aliphatic carbocycles. The van der Waals surface area contributed by atoms with Crippen molar-refractivity contribution in [2.75, 3.05) is 20.1 Å². The maximum atomic E-state index is 3.47. The van der Waals surface area contributed by atoms with Crippen LogP contribution in [-0.4, -0.2) is 37.1 Å². The third-order valence-corrected chi connectivity index (χ3v) is 3.17. The lowest BCUT2D eigenvalue weighted by molar-refractivity contribution is 0.155. The summed E-state index contributed by atoms with van der Waals surface area (Å²) in [5, 5.41) is 3.47. The van der Waals surface area contributed by atoms with E-state index in [0.29, 0.717) is 12.1 Å².